The number of halogens is 3. The highest BCUT2D eigenvalue weighted by Gasteiger charge is 2.50. The van der Waals surface area contributed by atoms with Crippen LogP contribution in [0.2, 0.25) is 0 Å². The molecule has 16 heavy (non-hydrogen) atoms. The van der Waals surface area contributed by atoms with E-state index < -0.39 is 23.8 Å². The van der Waals surface area contributed by atoms with E-state index >= 15 is 0 Å². The average molecular weight is 231 g/mol. The molecule has 0 bridgehead atoms. The molecule has 1 fully saturated rings. The predicted octanol–water partition coefficient (Wildman–Crippen LogP) is 2.08. The highest BCUT2D eigenvalue weighted by atomic mass is 19.4. The minimum Gasteiger partial charge on any atom is -0.411 e. The number of fused-ring (bicyclic) bond motifs is 1. The van der Waals surface area contributed by atoms with Crippen molar-refractivity contribution in [2.75, 3.05) is 0 Å². The minimum absolute atomic E-state index is 0.0811. The monoisotopic (exact) mass is 231 g/mol. The van der Waals surface area contributed by atoms with E-state index in [4.69, 9.17) is 5.21 Å². The van der Waals surface area contributed by atoms with Crippen molar-refractivity contribution in [2.45, 2.75) is 12.6 Å². The summed E-state index contributed by atoms with van der Waals surface area (Å²) < 4.78 is 37.9. The Hall–Kier alpha value is -1.59. The summed E-state index contributed by atoms with van der Waals surface area (Å²) in [4.78, 5) is 11.5. The zero-order chi connectivity index (χ0) is 11.9. The molecule has 1 N–H and O–H groups in total. The molecule has 3 nitrogen and oxygen atoms in total. The summed E-state index contributed by atoms with van der Waals surface area (Å²) in [5.74, 6) is -3.20. The van der Waals surface area contributed by atoms with Gasteiger partial charge < -0.3 is 5.21 Å². The van der Waals surface area contributed by atoms with Crippen LogP contribution in [0.15, 0.2) is 29.0 Å². The van der Waals surface area contributed by atoms with Crippen LogP contribution in [0, 0.1) is 11.8 Å². The average Bonchev–Trinajstić information content (AvgIpc) is 2.54. The molecule has 2 rings (SSSR count). The van der Waals surface area contributed by atoms with Gasteiger partial charge in [0.25, 0.3) is 0 Å². The lowest BCUT2D eigenvalue weighted by Crippen LogP contribution is -2.30. The summed E-state index contributed by atoms with van der Waals surface area (Å²) in [6, 6.07) is 0. The third-order valence-corrected chi connectivity index (χ3v) is 2.86. The molecule has 0 aliphatic heterocycles. The maximum atomic E-state index is 12.6. The fourth-order valence-corrected chi connectivity index (χ4v) is 2.10. The van der Waals surface area contributed by atoms with Crippen molar-refractivity contribution in [1.29, 1.82) is 0 Å². The summed E-state index contributed by atoms with van der Waals surface area (Å²) in [5, 5.41) is 11.3. The number of carbonyl (C=O) groups is 1. The zero-order valence-corrected chi connectivity index (χ0v) is 8.03. The van der Waals surface area contributed by atoms with Gasteiger partial charge in [0.2, 0.25) is 5.78 Å². The minimum atomic E-state index is -4.38. The Morgan fingerprint density at radius 3 is 2.69 bits per heavy atom. The standard InChI is InChI=1S/C10H8F3NO2/c11-10(12,13)7-3-1-2-5-6(7)4-8(14-16)9(5)15/h1-3,6-7,16H,4H2. The number of hydrogen-bond acceptors (Lipinski definition) is 3. The molecule has 0 aromatic rings. The van der Waals surface area contributed by atoms with Gasteiger partial charge in [-0.1, -0.05) is 23.4 Å². The fourth-order valence-electron chi connectivity index (χ4n) is 2.10. The lowest BCUT2D eigenvalue weighted by Gasteiger charge is -2.25. The summed E-state index contributed by atoms with van der Waals surface area (Å²) in [5.41, 5.74) is -0.119. The van der Waals surface area contributed by atoms with Crippen molar-refractivity contribution in [3.05, 3.63) is 23.8 Å². The molecule has 0 amide bonds. The van der Waals surface area contributed by atoms with Gasteiger partial charge in [-0.3, -0.25) is 4.79 Å². The van der Waals surface area contributed by atoms with E-state index in [9.17, 15) is 18.0 Å². The van der Waals surface area contributed by atoms with Crippen molar-refractivity contribution < 1.29 is 23.2 Å². The first-order chi connectivity index (χ1) is 7.45. The molecular weight excluding hydrogens is 223 g/mol. The van der Waals surface area contributed by atoms with E-state index in [0.717, 1.165) is 6.08 Å². The van der Waals surface area contributed by atoms with Crippen LogP contribution in [0.1, 0.15) is 6.42 Å². The number of allylic oxidation sites excluding steroid dienone is 4. The van der Waals surface area contributed by atoms with Gasteiger partial charge in [-0.25, -0.2) is 0 Å². The number of nitrogens with zero attached hydrogens (tertiary/aromatic N) is 1. The van der Waals surface area contributed by atoms with Gasteiger partial charge in [0.05, 0.1) is 5.92 Å². The van der Waals surface area contributed by atoms with Gasteiger partial charge in [-0.2, -0.15) is 13.2 Å². The number of rotatable bonds is 0. The van der Waals surface area contributed by atoms with Crippen LogP contribution >= 0.6 is 0 Å². The van der Waals surface area contributed by atoms with Crippen molar-refractivity contribution in [3.63, 3.8) is 0 Å². The van der Waals surface area contributed by atoms with Crippen molar-refractivity contribution in [2.24, 2.45) is 17.0 Å². The van der Waals surface area contributed by atoms with Crippen molar-refractivity contribution >= 4 is 11.5 Å². The molecule has 86 valence electrons. The maximum Gasteiger partial charge on any atom is 0.395 e. The number of alkyl halides is 3. The van der Waals surface area contributed by atoms with Crippen LogP contribution < -0.4 is 0 Å². The Labute approximate surface area is 88.9 Å². The van der Waals surface area contributed by atoms with Gasteiger partial charge in [0, 0.05) is 17.9 Å². The highest BCUT2D eigenvalue weighted by molar-refractivity contribution is 6.48. The molecular formula is C10H8F3NO2. The molecule has 2 unspecified atom stereocenters. The Balaban J connectivity index is 2.37. The molecule has 2 atom stereocenters. The predicted molar refractivity (Wildman–Crippen MR) is 49.1 cm³/mol. The topological polar surface area (TPSA) is 49.7 Å². The molecule has 6 heteroatoms. The number of hydrogen-bond donors (Lipinski definition) is 1. The number of oxime groups is 1. The maximum absolute atomic E-state index is 12.6. The SMILES string of the molecule is O=C1C2=CC=CC(C(F)(F)F)C2CC1=NO. The summed E-state index contributed by atoms with van der Waals surface area (Å²) in [7, 11) is 0. The van der Waals surface area contributed by atoms with Crippen LogP contribution in [-0.2, 0) is 4.79 Å². The molecule has 0 radical (unpaired) electrons. The summed E-state index contributed by atoms with van der Waals surface area (Å²) >= 11 is 0. The second-order valence-corrected chi connectivity index (χ2v) is 3.76. The molecule has 0 saturated heterocycles. The van der Waals surface area contributed by atoms with E-state index in [-0.39, 0.29) is 17.7 Å². The molecule has 2 aliphatic rings. The van der Waals surface area contributed by atoms with E-state index in [1.165, 1.54) is 12.2 Å². The molecule has 0 aromatic heterocycles. The summed E-state index contributed by atoms with van der Waals surface area (Å²) in [6.45, 7) is 0. The highest BCUT2D eigenvalue weighted by Crippen LogP contribution is 2.44. The normalized spacial score (nSPS) is 31.8. The number of ketones is 1. The van der Waals surface area contributed by atoms with Crippen molar-refractivity contribution in [3.8, 4) is 0 Å². The summed E-state index contributed by atoms with van der Waals surface area (Å²) in [6.07, 6.45) is -0.932. The number of carbonyl (C=O) groups excluding carboxylic acids is 1. The molecule has 0 aromatic carbocycles. The van der Waals surface area contributed by atoms with Crippen LogP contribution in [0.25, 0.3) is 0 Å². The third-order valence-electron chi connectivity index (χ3n) is 2.86. The van der Waals surface area contributed by atoms with E-state index in [0.29, 0.717) is 0 Å². The molecule has 0 spiro atoms. The van der Waals surface area contributed by atoms with Crippen molar-refractivity contribution in [1.82, 2.24) is 0 Å². The fraction of sp³-hybridized carbons (Fsp3) is 0.400. The van der Waals surface area contributed by atoms with Gasteiger partial charge >= 0.3 is 6.18 Å². The Morgan fingerprint density at radius 2 is 2.12 bits per heavy atom. The van der Waals surface area contributed by atoms with Crippen LogP contribution in [-0.4, -0.2) is 22.9 Å². The van der Waals surface area contributed by atoms with Crippen LogP contribution in [0.3, 0.4) is 0 Å². The van der Waals surface area contributed by atoms with E-state index in [2.05, 4.69) is 5.16 Å². The molecule has 2 aliphatic carbocycles. The largest absolute Gasteiger partial charge is 0.411 e. The second kappa shape index (κ2) is 3.47. The van der Waals surface area contributed by atoms with Gasteiger partial charge in [-0.05, 0) is 0 Å². The second-order valence-electron chi connectivity index (χ2n) is 3.76. The van der Waals surface area contributed by atoms with Crippen LogP contribution in [0.4, 0.5) is 13.2 Å². The first-order valence-corrected chi connectivity index (χ1v) is 4.66. The van der Waals surface area contributed by atoms with Gasteiger partial charge in [0.15, 0.2) is 0 Å². The third kappa shape index (κ3) is 1.54. The Bertz CT molecular complexity index is 420. The Morgan fingerprint density at radius 1 is 1.44 bits per heavy atom. The van der Waals surface area contributed by atoms with E-state index in [1.54, 1.807) is 0 Å². The first-order valence-electron chi connectivity index (χ1n) is 4.66. The lowest BCUT2D eigenvalue weighted by molar-refractivity contribution is -0.170. The lowest BCUT2D eigenvalue weighted by atomic mass is 9.83. The Kier molecular flexibility index (Phi) is 2.36. The quantitative estimate of drug-likeness (QED) is 0.512. The first kappa shape index (κ1) is 10.9. The molecule has 0 heterocycles. The smallest absolute Gasteiger partial charge is 0.395 e. The molecule has 1 saturated carbocycles. The zero-order valence-electron chi connectivity index (χ0n) is 8.03. The van der Waals surface area contributed by atoms with Gasteiger partial charge in [0.1, 0.15) is 5.71 Å². The number of Topliss-reactive ketones (excluding diaryl/α,β-unsaturated/α-hetero) is 1. The van der Waals surface area contributed by atoms with Crippen LogP contribution in [0.5, 0.6) is 0 Å². The van der Waals surface area contributed by atoms with E-state index in [1.807, 2.05) is 0 Å². The van der Waals surface area contributed by atoms with Gasteiger partial charge in [-0.15, -0.1) is 0 Å².